The first-order valence-corrected chi connectivity index (χ1v) is 5.91. The molecule has 0 aliphatic carbocycles. The van der Waals surface area contributed by atoms with Crippen LogP contribution in [0.1, 0.15) is 40.0 Å². The summed E-state index contributed by atoms with van der Waals surface area (Å²) in [5, 5.41) is 0. The molecule has 2 aliphatic heterocycles. The minimum atomic E-state index is -0.649. The zero-order valence-electron chi connectivity index (χ0n) is 10.1. The third-order valence-electron chi connectivity index (χ3n) is 3.75. The van der Waals surface area contributed by atoms with Gasteiger partial charge in [0.05, 0.1) is 0 Å². The Morgan fingerprint density at radius 2 is 2.20 bits per heavy atom. The summed E-state index contributed by atoms with van der Waals surface area (Å²) in [6, 6.07) is 0. The van der Waals surface area contributed by atoms with Gasteiger partial charge in [0.1, 0.15) is 6.17 Å². The minimum Gasteiger partial charge on any atom is -0.291 e. The highest BCUT2D eigenvalue weighted by Crippen LogP contribution is 2.48. The number of halogens is 1. The Morgan fingerprint density at radius 3 is 2.80 bits per heavy atom. The van der Waals surface area contributed by atoms with Gasteiger partial charge in [0.2, 0.25) is 0 Å². The maximum atomic E-state index is 13.6. The van der Waals surface area contributed by atoms with Gasteiger partial charge in [0, 0.05) is 25.0 Å². The summed E-state index contributed by atoms with van der Waals surface area (Å²) >= 11 is 0. The Bertz CT molecular complexity index is 279. The number of alkyl halides is 1. The van der Waals surface area contributed by atoms with Gasteiger partial charge in [-0.1, -0.05) is 32.9 Å². The van der Waals surface area contributed by atoms with E-state index in [4.69, 9.17) is 0 Å². The second-order valence-corrected chi connectivity index (χ2v) is 6.37. The molecule has 0 bridgehead atoms. The predicted octanol–water partition coefficient (Wildman–Crippen LogP) is 3.17. The van der Waals surface area contributed by atoms with Crippen molar-refractivity contribution in [1.29, 1.82) is 0 Å². The molecule has 0 aromatic rings. The van der Waals surface area contributed by atoms with Crippen molar-refractivity contribution in [1.82, 2.24) is 4.90 Å². The van der Waals surface area contributed by atoms with Gasteiger partial charge in [-0.05, 0) is 18.3 Å². The summed E-state index contributed by atoms with van der Waals surface area (Å²) in [4.78, 5) is 2.32. The second kappa shape index (κ2) is 3.31. The summed E-state index contributed by atoms with van der Waals surface area (Å²) in [6.45, 7) is 12.5. The van der Waals surface area contributed by atoms with E-state index in [1.807, 2.05) is 0 Å². The number of nitrogens with zero attached hydrogens (tertiary/aromatic N) is 1. The lowest BCUT2D eigenvalue weighted by Gasteiger charge is -2.38. The predicted molar refractivity (Wildman–Crippen MR) is 61.6 cm³/mol. The van der Waals surface area contributed by atoms with E-state index in [0.717, 1.165) is 19.4 Å². The second-order valence-electron chi connectivity index (χ2n) is 6.37. The van der Waals surface area contributed by atoms with Gasteiger partial charge in [-0.2, -0.15) is 0 Å². The van der Waals surface area contributed by atoms with Gasteiger partial charge < -0.3 is 0 Å². The standard InChI is InChI=1S/C13H22FN/c1-10-5-6-15-8-11(14)7-13(10,15)9-12(2,3)4/h11H,1,5-9H2,2-4H3. The third-order valence-corrected chi connectivity index (χ3v) is 3.75. The Hall–Kier alpha value is -0.370. The fourth-order valence-corrected chi connectivity index (χ4v) is 3.34. The first-order valence-electron chi connectivity index (χ1n) is 5.91. The molecule has 1 nitrogen and oxygen atoms in total. The van der Waals surface area contributed by atoms with Crippen molar-refractivity contribution in [2.24, 2.45) is 5.41 Å². The van der Waals surface area contributed by atoms with Crippen LogP contribution in [0, 0.1) is 5.41 Å². The molecule has 0 aromatic heterocycles. The molecular formula is C13H22FN. The van der Waals surface area contributed by atoms with Crippen LogP contribution in [-0.2, 0) is 0 Å². The Kier molecular flexibility index (Phi) is 2.45. The van der Waals surface area contributed by atoms with Gasteiger partial charge in [-0.25, -0.2) is 4.39 Å². The van der Waals surface area contributed by atoms with Crippen LogP contribution in [-0.4, -0.2) is 29.7 Å². The van der Waals surface area contributed by atoms with E-state index >= 15 is 0 Å². The van der Waals surface area contributed by atoms with Crippen molar-refractivity contribution in [3.8, 4) is 0 Å². The van der Waals surface area contributed by atoms with Crippen LogP contribution in [0.15, 0.2) is 12.2 Å². The van der Waals surface area contributed by atoms with Crippen molar-refractivity contribution in [3.05, 3.63) is 12.2 Å². The highest BCUT2D eigenvalue weighted by atomic mass is 19.1. The molecule has 2 atom stereocenters. The van der Waals surface area contributed by atoms with Gasteiger partial charge in [0.15, 0.2) is 0 Å². The molecule has 2 aliphatic rings. The molecule has 2 unspecified atom stereocenters. The third kappa shape index (κ3) is 1.84. The monoisotopic (exact) mass is 211 g/mol. The lowest BCUT2D eigenvalue weighted by molar-refractivity contribution is 0.155. The lowest BCUT2D eigenvalue weighted by Crippen LogP contribution is -2.42. The SMILES string of the molecule is C=C1CCN2CC(F)CC12CC(C)(C)C. The zero-order valence-corrected chi connectivity index (χ0v) is 10.1. The molecule has 2 heteroatoms. The Morgan fingerprint density at radius 1 is 1.53 bits per heavy atom. The average Bonchev–Trinajstić information content (AvgIpc) is 2.47. The van der Waals surface area contributed by atoms with E-state index in [1.165, 1.54) is 5.57 Å². The minimum absolute atomic E-state index is 0.0162. The molecule has 0 aromatic carbocycles. The van der Waals surface area contributed by atoms with Crippen molar-refractivity contribution in [3.63, 3.8) is 0 Å². The van der Waals surface area contributed by atoms with Crippen LogP contribution < -0.4 is 0 Å². The number of hydrogen-bond acceptors (Lipinski definition) is 1. The van der Waals surface area contributed by atoms with Gasteiger partial charge in [-0.15, -0.1) is 0 Å². The summed E-state index contributed by atoms with van der Waals surface area (Å²) in [5.41, 5.74) is 1.49. The molecule has 0 spiro atoms. The summed E-state index contributed by atoms with van der Waals surface area (Å²) in [7, 11) is 0. The van der Waals surface area contributed by atoms with E-state index in [1.54, 1.807) is 0 Å². The van der Waals surface area contributed by atoms with Crippen LogP contribution in [0.5, 0.6) is 0 Å². The molecular weight excluding hydrogens is 189 g/mol. The fraction of sp³-hybridized carbons (Fsp3) is 0.846. The number of fused-ring (bicyclic) bond motifs is 1. The van der Waals surface area contributed by atoms with Crippen molar-refractivity contribution in [2.45, 2.75) is 51.7 Å². The first-order chi connectivity index (χ1) is 6.83. The average molecular weight is 211 g/mol. The Balaban J connectivity index is 2.25. The van der Waals surface area contributed by atoms with Crippen molar-refractivity contribution >= 4 is 0 Å². The van der Waals surface area contributed by atoms with Crippen molar-refractivity contribution in [2.75, 3.05) is 13.1 Å². The maximum Gasteiger partial charge on any atom is 0.115 e. The van der Waals surface area contributed by atoms with Crippen molar-refractivity contribution < 1.29 is 4.39 Å². The summed E-state index contributed by atoms with van der Waals surface area (Å²) < 4.78 is 13.6. The molecule has 2 heterocycles. The zero-order chi connectivity index (χ0) is 11.3. The smallest absolute Gasteiger partial charge is 0.115 e. The molecule has 0 radical (unpaired) electrons. The molecule has 86 valence electrons. The lowest BCUT2D eigenvalue weighted by atomic mass is 9.75. The van der Waals surface area contributed by atoms with Gasteiger partial charge >= 0.3 is 0 Å². The molecule has 0 N–H and O–H groups in total. The Labute approximate surface area is 92.3 Å². The molecule has 2 rings (SSSR count). The number of hydrogen-bond donors (Lipinski definition) is 0. The molecule has 2 saturated heterocycles. The normalized spacial score (nSPS) is 37.3. The highest BCUT2D eigenvalue weighted by Gasteiger charge is 2.52. The maximum absolute atomic E-state index is 13.6. The quantitative estimate of drug-likeness (QED) is 0.602. The van der Waals surface area contributed by atoms with Gasteiger partial charge in [-0.3, -0.25) is 4.90 Å². The van der Waals surface area contributed by atoms with E-state index in [0.29, 0.717) is 13.0 Å². The van der Waals surface area contributed by atoms with Crippen LogP contribution in [0.3, 0.4) is 0 Å². The molecule has 0 amide bonds. The fourth-order valence-electron chi connectivity index (χ4n) is 3.34. The number of rotatable bonds is 1. The molecule has 0 saturated carbocycles. The first kappa shape index (κ1) is 11.1. The summed E-state index contributed by atoms with van der Waals surface area (Å²) in [5.74, 6) is 0. The highest BCUT2D eigenvalue weighted by molar-refractivity contribution is 5.27. The van der Waals surface area contributed by atoms with Crippen LogP contribution in [0.25, 0.3) is 0 Å². The van der Waals surface area contributed by atoms with Crippen LogP contribution >= 0.6 is 0 Å². The van der Waals surface area contributed by atoms with E-state index in [-0.39, 0.29) is 11.0 Å². The topological polar surface area (TPSA) is 3.24 Å². The van der Waals surface area contributed by atoms with Crippen LogP contribution in [0.4, 0.5) is 4.39 Å². The van der Waals surface area contributed by atoms with E-state index in [2.05, 4.69) is 32.3 Å². The largest absolute Gasteiger partial charge is 0.291 e. The molecule has 15 heavy (non-hydrogen) atoms. The summed E-state index contributed by atoms with van der Waals surface area (Å²) in [6.07, 6.45) is 2.12. The van der Waals surface area contributed by atoms with E-state index < -0.39 is 6.17 Å². The van der Waals surface area contributed by atoms with Gasteiger partial charge in [0.25, 0.3) is 0 Å². The molecule has 2 fully saturated rings. The van der Waals surface area contributed by atoms with E-state index in [9.17, 15) is 4.39 Å². The van der Waals surface area contributed by atoms with Crippen LogP contribution in [0.2, 0.25) is 0 Å².